The first kappa shape index (κ1) is 13.2. The molecule has 4 heteroatoms. The van der Waals surface area contributed by atoms with Crippen LogP contribution in [0, 0.1) is 5.82 Å². The van der Waals surface area contributed by atoms with E-state index in [0.29, 0.717) is 18.0 Å². The maximum Gasteiger partial charge on any atom is 0.125 e. The maximum absolute atomic E-state index is 13.7. The fourth-order valence-electron chi connectivity index (χ4n) is 3.29. The highest BCUT2D eigenvalue weighted by Gasteiger charge is 2.34. The largest absolute Gasteiger partial charge is 0.374 e. The summed E-state index contributed by atoms with van der Waals surface area (Å²) in [6.07, 6.45) is 5.05. The van der Waals surface area contributed by atoms with Gasteiger partial charge in [0.2, 0.25) is 0 Å². The Balaban J connectivity index is 1.89. The van der Waals surface area contributed by atoms with Gasteiger partial charge in [-0.1, -0.05) is 12.8 Å². The quantitative estimate of drug-likeness (QED) is 0.767. The zero-order chi connectivity index (χ0) is 13.2. The summed E-state index contributed by atoms with van der Waals surface area (Å²) in [5, 5.41) is 0. The molecule has 1 heterocycles. The number of nitrogens with zero attached hydrogens (tertiary/aromatic N) is 1. The topological polar surface area (TPSA) is 12.5 Å². The number of hydrogen-bond donors (Lipinski definition) is 0. The molecule has 2 atom stereocenters. The molecule has 1 saturated heterocycles. The standard InChI is InChI=1S/C15H19ClFNO/c16-10-11-7-12(17)9-13(8-11)18-5-6-19-15-4-2-1-3-14(15)18/h7-9,14-15H,1-6,10H2. The first-order chi connectivity index (χ1) is 9.28. The van der Waals surface area contributed by atoms with Crippen molar-refractivity contribution in [3.8, 4) is 0 Å². The fourth-order valence-corrected chi connectivity index (χ4v) is 3.45. The van der Waals surface area contributed by atoms with Crippen LogP contribution in [0.4, 0.5) is 10.1 Å². The van der Waals surface area contributed by atoms with Gasteiger partial charge in [-0.05, 0) is 36.6 Å². The molecule has 2 nitrogen and oxygen atoms in total. The molecule has 0 amide bonds. The summed E-state index contributed by atoms with van der Waals surface area (Å²) in [4.78, 5) is 2.31. The Morgan fingerprint density at radius 3 is 2.95 bits per heavy atom. The van der Waals surface area contributed by atoms with Crippen LogP contribution in [-0.2, 0) is 10.6 Å². The molecule has 1 saturated carbocycles. The molecular weight excluding hydrogens is 265 g/mol. The average Bonchev–Trinajstić information content (AvgIpc) is 2.46. The van der Waals surface area contributed by atoms with E-state index in [0.717, 1.165) is 37.2 Å². The molecule has 104 valence electrons. The van der Waals surface area contributed by atoms with Gasteiger partial charge in [-0.15, -0.1) is 11.6 Å². The van der Waals surface area contributed by atoms with Crippen LogP contribution in [0.5, 0.6) is 0 Å². The van der Waals surface area contributed by atoms with Gasteiger partial charge in [0.1, 0.15) is 5.82 Å². The zero-order valence-electron chi connectivity index (χ0n) is 10.9. The van der Waals surface area contributed by atoms with Crippen molar-refractivity contribution in [1.29, 1.82) is 0 Å². The molecule has 0 bridgehead atoms. The van der Waals surface area contributed by atoms with Crippen LogP contribution < -0.4 is 4.90 Å². The predicted molar refractivity (Wildman–Crippen MR) is 75.3 cm³/mol. The number of rotatable bonds is 2. The minimum Gasteiger partial charge on any atom is -0.374 e. The molecule has 1 aliphatic heterocycles. The van der Waals surface area contributed by atoms with Crippen molar-refractivity contribution in [2.45, 2.75) is 43.7 Å². The van der Waals surface area contributed by atoms with Crippen molar-refractivity contribution < 1.29 is 9.13 Å². The molecule has 1 aliphatic carbocycles. The average molecular weight is 284 g/mol. The van der Waals surface area contributed by atoms with E-state index in [-0.39, 0.29) is 5.82 Å². The van der Waals surface area contributed by atoms with E-state index in [1.807, 2.05) is 6.07 Å². The smallest absolute Gasteiger partial charge is 0.125 e. The van der Waals surface area contributed by atoms with Crippen LogP contribution in [0.1, 0.15) is 31.2 Å². The van der Waals surface area contributed by atoms with Crippen LogP contribution in [0.25, 0.3) is 0 Å². The first-order valence-electron chi connectivity index (χ1n) is 7.01. The summed E-state index contributed by atoms with van der Waals surface area (Å²) in [6, 6.07) is 5.53. The van der Waals surface area contributed by atoms with Gasteiger partial charge in [0.05, 0.1) is 18.8 Å². The molecule has 0 aromatic heterocycles. The van der Waals surface area contributed by atoms with Crippen LogP contribution >= 0.6 is 11.6 Å². The lowest BCUT2D eigenvalue weighted by atomic mass is 9.89. The highest BCUT2D eigenvalue weighted by molar-refractivity contribution is 6.17. The van der Waals surface area contributed by atoms with E-state index >= 15 is 0 Å². The van der Waals surface area contributed by atoms with Gasteiger partial charge in [0, 0.05) is 18.1 Å². The molecule has 0 N–H and O–H groups in total. The molecule has 1 aromatic carbocycles. The Morgan fingerprint density at radius 1 is 1.26 bits per heavy atom. The lowest BCUT2D eigenvalue weighted by molar-refractivity contribution is -0.00870. The number of anilines is 1. The third kappa shape index (κ3) is 2.72. The fraction of sp³-hybridized carbons (Fsp3) is 0.600. The highest BCUT2D eigenvalue weighted by atomic mass is 35.5. The zero-order valence-corrected chi connectivity index (χ0v) is 11.7. The van der Waals surface area contributed by atoms with Gasteiger partial charge in [-0.25, -0.2) is 4.39 Å². The van der Waals surface area contributed by atoms with E-state index in [9.17, 15) is 4.39 Å². The van der Waals surface area contributed by atoms with Crippen LogP contribution in [0.2, 0.25) is 0 Å². The molecule has 2 unspecified atom stereocenters. The lowest BCUT2D eigenvalue weighted by Crippen LogP contribution is -2.52. The van der Waals surface area contributed by atoms with E-state index in [1.54, 1.807) is 6.07 Å². The normalized spacial score (nSPS) is 27.2. The Morgan fingerprint density at radius 2 is 2.11 bits per heavy atom. The second-order valence-corrected chi connectivity index (χ2v) is 5.67. The summed E-state index contributed by atoms with van der Waals surface area (Å²) in [5.41, 5.74) is 1.80. The Kier molecular flexibility index (Phi) is 3.94. The second kappa shape index (κ2) is 5.68. The number of morpholine rings is 1. The maximum atomic E-state index is 13.7. The van der Waals surface area contributed by atoms with Gasteiger partial charge in [0.25, 0.3) is 0 Å². The molecule has 0 spiro atoms. The van der Waals surface area contributed by atoms with Crippen LogP contribution in [0.3, 0.4) is 0 Å². The van der Waals surface area contributed by atoms with Crippen molar-refractivity contribution in [3.05, 3.63) is 29.6 Å². The minimum absolute atomic E-state index is 0.202. The van der Waals surface area contributed by atoms with Gasteiger partial charge in [-0.3, -0.25) is 0 Å². The number of fused-ring (bicyclic) bond motifs is 1. The van der Waals surface area contributed by atoms with Gasteiger partial charge in [0.15, 0.2) is 0 Å². The summed E-state index contributed by atoms with van der Waals surface area (Å²) in [7, 11) is 0. The van der Waals surface area contributed by atoms with Gasteiger partial charge in [-0.2, -0.15) is 0 Å². The highest BCUT2D eigenvalue weighted by Crippen LogP contribution is 2.32. The monoisotopic (exact) mass is 283 g/mol. The SMILES string of the molecule is Fc1cc(CCl)cc(N2CCOC3CCCCC32)c1. The van der Waals surface area contributed by atoms with Crippen LogP contribution in [0.15, 0.2) is 18.2 Å². The van der Waals surface area contributed by atoms with Crippen molar-refractivity contribution in [2.75, 3.05) is 18.1 Å². The molecular formula is C15H19ClFNO. The first-order valence-corrected chi connectivity index (χ1v) is 7.55. The molecule has 2 aliphatic rings. The van der Waals surface area contributed by atoms with Gasteiger partial charge < -0.3 is 9.64 Å². The minimum atomic E-state index is -0.202. The summed E-state index contributed by atoms with van der Waals surface area (Å²) < 4.78 is 19.5. The number of alkyl halides is 1. The Hall–Kier alpha value is -0.800. The molecule has 2 fully saturated rings. The Labute approximate surface area is 118 Å². The third-order valence-corrected chi connectivity index (χ3v) is 4.47. The molecule has 0 radical (unpaired) electrons. The number of halogens is 2. The summed E-state index contributed by atoms with van der Waals surface area (Å²) >= 11 is 5.84. The predicted octanol–water partition coefficient (Wildman–Crippen LogP) is 3.71. The van der Waals surface area contributed by atoms with E-state index in [2.05, 4.69) is 4.90 Å². The molecule has 19 heavy (non-hydrogen) atoms. The molecule has 3 rings (SSSR count). The number of benzene rings is 1. The number of ether oxygens (including phenoxy) is 1. The number of hydrogen-bond acceptors (Lipinski definition) is 2. The second-order valence-electron chi connectivity index (χ2n) is 5.41. The molecule has 1 aromatic rings. The lowest BCUT2D eigenvalue weighted by Gasteiger charge is -2.45. The van der Waals surface area contributed by atoms with Crippen molar-refractivity contribution >= 4 is 17.3 Å². The van der Waals surface area contributed by atoms with Gasteiger partial charge >= 0.3 is 0 Å². The van der Waals surface area contributed by atoms with E-state index in [4.69, 9.17) is 16.3 Å². The van der Waals surface area contributed by atoms with Crippen molar-refractivity contribution in [1.82, 2.24) is 0 Å². The third-order valence-electron chi connectivity index (χ3n) is 4.16. The Bertz CT molecular complexity index is 452. The van der Waals surface area contributed by atoms with E-state index < -0.39 is 0 Å². The van der Waals surface area contributed by atoms with Crippen molar-refractivity contribution in [3.63, 3.8) is 0 Å². The summed E-state index contributed by atoms with van der Waals surface area (Å²) in [5.74, 6) is 0.149. The summed E-state index contributed by atoms with van der Waals surface area (Å²) in [6.45, 7) is 1.57. The van der Waals surface area contributed by atoms with Crippen LogP contribution in [-0.4, -0.2) is 25.3 Å². The van der Waals surface area contributed by atoms with E-state index in [1.165, 1.54) is 18.9 Å². The van der Waals surface area contributed by atoms with Crippen molar-refractivity contribution in [2.24, 2.45) is 0 Å².